The van der Waals surface area contributed by atoms with Crippen molar-refractivity contribution in [3.63, 3.8) is 0 Å². The molecule has 0 spiro atoms. The van der Waals surface area contributed by atoms with Gasteiger partial charge in [-0.25, -0.2) is 18.2 Å². The molecule has 0 fully saturated rings. The predicted molar refractivity (Wildman–Crippen MR) is 141 cm³/mol. The van der Waals surface area contributed by atoms with Gasteiger partial charge < -0.3 is 15.0 Å². The van der Waals surface area contributed by atoms with Crippen molar-refractivity contribution in [2.24, 2.45) is 0 Å². The van der Waals surface area contributed by atoms with Crippen LogP contribution in [0.4, 0.5) is 9.93 Å². The Kier molecular flexibility index (Phi) is 9.35. The third-order valence-corrected chi connectivity index (χ3v) is 7.65. The zero-order valence-electron chi connectivity index (χ0n) is 20.8. The number of nitrogens with zero attached hydrogens (tertiary/aromatic N) is 3. The van der Waals surface area contributed by atoms with Gasteiger partial charge in [0, 0.05) is 50.8 Å². The topological polar surface area (TPSA) is 131 Å². The summed E-state index contributed by atoms with van der Waals surface area (Å²) in [7, 11) is -1.75. The summed E-state index contributed by atoms with van der Waals surface area (Å²) in [4.78, 5) is 35.3. The van der Waals surface area contributed by atoms with Gasteiger partial charge >= 0.3 is 6.03 Å². The first-order valence-corrected chi connectivity index (χ1v) is 14.3. The Balaban J connectivity index is 1.61. The number of fused-ring (bicyclic) bond motifs is 1. The third-order valence-electron chi connectivity index (χ3n) is 5.64. The summed E-state index contributed by atoms with van der Waals surface area (Å²) >= 11 is 1.29. The van der Waals surface area contributed by atoms with Gasteiger partial charge in [-0.3, -0.25) is 15.1 Å². The average Bonchev–Trinajstić information content (AvgIpc) is 3.24. The normalized spacial score (nSPS) is 12.3. The molecule has 10 nitrogen and oxygen atoms in total. The van der Waals surface area contributed by atoms with E-state index in [9.17, 15) is 18.0 Å². The molecule has 1 aromatic carbocycles. The van der Waals surface area contributed by atoms with E-state index in [1.165, 1.54) is 17.5 Å². The van der Waals surface area contributed by atoms with Crippen LogP contribution in [-0.2, 0) is 19.4 Å². The van der Waals surface area contributed by atoms with Gasteiger partial charge in [0.05, 0.1) is 27.8 Å². The number of methoxy groups -OCH3 is 1. The number of rotatable bonds is 11. The lowest BCUT2D eigenvalue weighted by Gasteiger charge is -2.29. The number of carbonyl (C=O) groups excluding carboxylic acids is 2. The lowest BCUT2D eigenvalue weighted by atomic mass is 10.1. The molecule has 12 heteroatoms. The molecule has 3 aromatic rings. The van der Waals surface area contributed by atoms with Gasteiger partial charge in [0.2, 0.25) is 5.91 Å². The second-order valence-corrected chi connectivity index (χ2v) is 11.3. The molecule has 36 heavy (non-hydrogen) atoms. The van der Waals surface area contributed by atoms with Gasteiger partial charge in [-0.2, -0.15) is 0 Å². The van der Waals surface area contributed by atoms with Gasteiger partial charge in [0.1, 0.15) is 0 Å². The van der Waals surface area contributed by atoms with Gasteiger partial charge in [0.25, 0.3) is 0 Å². The van der Waals surface area contributed by atoms with Crippen LogP contribution in [0, 0.1) is 0 Å². The van der Waals surface area contributed by atoms with E-state index < -0.39 is 15.9 Å². The minimum absolute atomic E-state index is 0.0126. The summed E-state index contributed by atoms with van der Waals surface area (Å²) < 4.78 is 29.7. The first-order chi connectivity index (χ1) is 17.2. The van der Waals surface area contributed by atoms with Crippen molar-refractivity contribution >= 4 is 48.5 Å². The molecule has 0 bridgehead atoms. The van der Waals surface area contributed by atoms with Crippen LogP contribution >= 0.6 is 11.3 Å². The summed E-state index contributed by atoms with van der Waals surface area (Å²) in [5, 5.41) is 5.83. The lowest BCUT2D eigenvalue weighted by molar-refractivity contribution is -0.134. The molecule has 2 N–H and O–H groups in total. The van der Waals surface area contributed by atoms with Crippen molar-refractivity contribution in [3.8, 4) is 11.1 Å². The third kappa shape index (κ3) is 6.99. The fourth-order valence-electron chi connectivity index (χ4n) is 3.76. The van der Waals surface area contributed by atoms with E-state index in [4.69, 9.17) is 4.74 Å². The molecule has 0 aliphatic carbocycles. The zero-order valence-corrected chi connectivity index (χ0v) is 22.4. The fraction of sp³-hybridized carbons (Fsp3) is 0.417. The molecule has 0 aliphatic rings. The van der Waals surface area contributed by atoms with E-state index in [1.54, 1.807) is 30.3 Å². The van der Waals surface area contributed by atoms with Crippen LogP contribution < -0.4 is 10.6 Å². The molecular formula is C24H31N5O5S2. The largest absolute Gasteiger partial charge is 0.383 e. The van der Waals surface area contributed by atoms with Gasteiger partial charge in [0.15, 0.2) is 15.0 Å². The molecule has 0 saturated heterocycles. The van der Waals surface area contributed by atoms with E-state index in [-0.39, 0.29) is 29.8 Å². The number of hydrogen-bond donors (Lipinski definition) is 2. The number of sulfone groups is 1. The van der Waals surface area contributed by atoms with Crippen molar-refractivity contribution in [2.45, 2.75) is 37.6 Å². The molecule has 1 unspecified atom stereocenters. The highest BCUT2D eigenvalue weighted by atomic mass is 32.2. The van der Waals surface area contributed by atoms with Crippen LogP contribution in [0.1, 0.15) is 26.7 Å². The lowest BCUT2D eigenvalue weighted by Crippen LogP contribution is -2.43. The number of nitrogens with one attached hydrogen (secondary N) is 2. The van der Waals surface area contributed by atoms with Crippen LogP contribution in [0.2, 0.25) is 0 Å². The van der Waals surface area contributed by atoms with Crippen LogP contribution in [-0.4, -0.2) is 74.3 Å². The number of carbonyl (C=O) groups is 2. The average molecular weight is 534 g/mol. The van der Waals surface area contributed by atoms with Crippen molar-refractivity contribution in [1.82, 2.24) is 20.2 Å². The van der Waals surface area contributed by atoms with E-state index in [1.807, 2.05) is 26.0 Å². The Labute approximate surface area is 215 Å². The number of pyridine rings is 1. The molecule has 3 amide bonds. The quantitative estimate of drug-likeness (QED) is 0.385. The fourth-order valence-corrected chi connectivity index (χ4v) is 5.26. The molecule has 194 valence electrons. The van der Waals surface area contributed by atoms with Crippen molar-refractivity contribution in [1.29, 1.82) is 0 Å². The SMILES string of the molecule is CCC(COC)N(CC)C(=O)CCNC(=O)Nc1nc2ccc(-c3cncc(S(C)(=O)=O)c3)cc2s1. The number of hydrogen-bond acceptors (Lipinski definition) is 8. The maximum atomic E-state index is 12.6. The van der Waals surface area contributed by atoms with E-state index in [2.05, 4.69) is 20.6 Å². The number of ether oxygens (including phenoxy) is 1. The van der Waals surface area contributed by atoms with Gasteiger partial charge in [-0.1, -0.05) is 24.3 Å². The van der Waals surface area contributed by atoms with Crippen molar-refractivity contribution < 1.29 is 22.7 Å². The molecule has 0 saturated carbocycles. The molecular weight excluding hydrogens is 502 g/mol. The number of amides is 3. The van der Waals surface area contributed by atoms with Gasteiger partial charge in [-0.15, -0.1) is 0 Å². The van der Waals surface area contributed by atoms with Crippen LogP contribution in [0.25, 0.3) is 21.3 Å². The molecule has 0 radical (unpaired) electrons. The molecule has 2 heterocycles. The number of benzene rings is 1. The number of aromatic nitrogens is 2. The monoisotopic (exact) mass is 533 g/mol. The second kappa shape index (κ2) is 12.2. The summed E-state index contributed by atoms with van der Waals surface area (Å²) in [6.45, 7) is 5.19. The Hall–Kier alpha value is -3.09. The number of likely N-dealkylation sites (N-methyl/N-ethyl adjacent to an activating group) is 1. The van der Waals surface area contributed by atoms with E-state index >= 15 is 0 Å². The Morgan fingerprint density at radius 1 is 1.17 bits per heavy atom. The van der Waals surface area contributed by atoms with Crippen LogP contribution in [0.5, 0.6) is 0 Å². The van der Waals surface area contributed by atoms with Crippen molar-refractivity contribution in [2.75, 3.05) is 38.4 Å². The highest BCUT2D eigenvalue weighted by molar-refractivity contribution is 7.90. The minimum atomic E-state index is -3.37. The Bertz CT molecular complexity index is 1330. The Morgan fingerprint density at radius 2 is 1.94 bits per heavy atom. The summed E-state index contributed by atoms with van der Waals surface area (Å²) in [5.74, 6) is -0.0383. The summed E-state index contributed by atoms with van der Waals surface area (Å²) in [5.41, 5.74) is 2.16. The molecule has 0 aliphatic heterocycles. The smallest absolute Gasteiger partial charge is 0.321 e. The maximum Gasteiger partial charge on any atom is 0.321 e. The molecule has 3 rings (SSSR count). The maximum absolute atomic E-state index is 12.6. The van der Waals surface area contributed by atoms with Crippen LogP contribution in [0.15, 0.2) is 41.6 Å². The zero-order chi connectivity index (χ0) is 26.3. The summed E-state index contributed by atoms with van der Waals surface area (Å²) in [6, 6.07) is 6.65. The van der Waals surface area contributed by atoms with Gasteiger partial charge in [-0.05, 0) is 37.1 Å². The highest BCUT2D eigenvalue weighted by Crippen LogP contribution is 2.31. The number of anilines is 1. The molecule has 1 atom stereocenters. The predicted octanol–water partition coefficient (Wildman–Crippen LogP) is 3.55. The number of urea groups is 1. The minimum Gasteiger partial charge on any atom is -0.383 e. The Morgan fingerprint density at radius 3 is 2.61 bits per heavy atom. The van der Waals surface area contributed by atoms with E-state index in [0.29, 0.717) is 29.4 Å². The van der Waals surface area contributed by atoms with Crippen LogP contribution in [0.3, 0.4) is 0 Å². The first-order valence-electron chi connectivity index (χ1n) is 11.6. The van der Waals surface area contributed by atoms with E-state index in [0.717, 1.165) is 22.9 Å². The number of thiazole rings is 1. The molecule has 2 aromatic heterocycles. The highest BCUT2D eigenvalue weighted by Gasteiger charge is 2.20. The summed E-state index contributed by atoms with van der Waals surface area (Å²) in [6.07, 6.45) is 5.04. The second-order valence-electron chi connectivity index (χ2n) is 8.21. The standard InChI is InChI=1S/C24H31N5O5S2/c1-5-18(15-34-3)29(6-2)22(30)9-10-26-23(31)28-24-27-20-8-7-16(12-21(20)35-24)17-11-19(14-25-13-17)36(4,32)33/h7-8,11-14,18H,5-6,9-10,15H2,1-4H3,(H2,26,27,28,31). The first kappa shape index (κ1) is 27.5. The van der Waals surface area contributed by atoms with Crippen molar-refractivity contribution in [3.05, 3.63) is 36.7 Å².